The van der Waals surface area contributed by atoms with Gasteiger partial charge in [-0.25, -0.2) is 0 Å². The zero-order valence-corrected chi connectivity index (χ0v) is 22.0. The van der Waals surface area contributed by atoms with E-state index in [0.29, 0.717) is 23.4 Å². The number of quaternary nitrogens is 1. The molecule has 3 rings (SSSR count). The molecule has 0 bridgehead atoms. The Morgan fingerprint density at radius 3 is 2.50 bits per heavy atom. The molecule has 6 nitrogen and oxygen atoms in total. The molecule has 32 heavy (non-hydrogen) atoms. The molecule has 0 spiro atoms. The number of esters is 1. The number of fused-ring (bicyclic) bond motifs is 1. The lowest BCUT2D eigenvalue weighted by Gasteiger charge is -2.37. The highest BCUT2D eigenvalue weighted by atomic mass is 127. The molecule has 1 aromatic heterocycles. The summed E-state index contributed by atoms with van der Waals surface area (Å²) in [6, 6.07) is 7.21. The lowest BCUT2D eigenvalue weighted by Crippen LogP contribution is -3.00. The van der Waals surface area contributed by atoms with E-state index in [2.05, 4.69) is 7.05 Å². The minimum absolute atomic E-state index is 0. The molecule has 1 aromatic carbocycles. The van der Waals surface area contributed by atoms with E-state index in [-0.39, 0.29) is 42.2 Å². The second kappa shape index (κ2) is 11.6. The summed E-state index contributed by atoms with van der Waals surface area (Å²) in [5.74, 6) is -0.620. The van der Waals surface area contributed by atoms with E-state index in [1.807, 2.05) is 12.1 Å². The third-order valence-corrected chi connectivity index (χ3v) is 7.28. The molecule has 9 heteroatoms. The van der Waals surface area contributed by atoms with Crippen LogP contribution in [-0.4, -0.2) is 49.4 Å². The first-order chi connectivity index (χ1) is 14.7. The molecule has 1 unspecified atom stereocenters. The normalized spacial score (nSPS) is 17.2. The molecule has 1 aliphatic heterocycles. The van der Waals surface area contributed by atoms with Gasteiger partial charge in [-0.15, -0.1) is 11.3 Å². The fourth-order valence-electron chi connectivity index (χ4n) is 4.15. The summed E-state index contributed by atoms with van der Waals surface area (Å²) in [7, 11) is 3.56. The van der Waals surface area contributed by atoms with Crippen molar-refractivity contribution >= 4 is 40.6 Å². The van der Waals surface area contributed by atoms with Crippen molar-refractivity contribution in [3.05, 3.63) is 55.7 Å². The van der Waals surface area contributed by atoms with Gasteiger partial charge in [-0.2, -0.15) is 0 Å². The number of ether oxygens (including phenoxy) is 1. The predicted octanol–water partition coefficient (Wildman–Crippen LogP) is 0.315. The van der Waals surface area contributed by atoms with Crippen LogP contribution in [0.5, 0.6) is 0 Å². The van der Waals surface area contributed by atoms with E-state index in [9.17, 15) is 14.4 Å². The zero-order valence-electron chi connectivity index (χ0n) is 18.3. The second-order valence-electron chi connectivity index (χ2n) is 8.34. The first-order valence-electron chi connectivity index (χ1n) is 10.3. The van der Waals surface area contributed by atoms with Crippen LogP contribution in [0.15, 0.2) is 24.3 Å². The topological polar surface area (TPSA) is 86.5 Å². The summed E-state index contributed by atoms with van der Waals surface area (Å²) in [5, 5.41) is 0.630. The molecule has 0 fully saturated rings. The Bertz CT molecular complexity index is 993. The number of amides is 1. The maximum atomic E-state index is 12.7. The fraction of sp³-hybridized carbons (Fsp3) is 0.435. The Hall–Kier alpha value is -1.49. The first-order valence-corrected chi connectivity index (χ1v) is 11.5. The van der Waals surface area contributed by atoms with Crippen LogP contribution in [0.1, 0.15) is 44.1 Å². The Morgan fingerprint density at radius 1 is 1.19 bits per heavy atom. The highest BCUT2D eigenvalue weighted by Crippen LogP contribution is 2.36. The highest BCUT2D eigenvalue weighted by Gasteiger charge is 2.34. The summed E-state index contributed by atoms with van der Waals surface area (Å²) < 4.78 is 5.52. The smallest absolute Gasteiger partial charge is 0.305 e. The van der Waals surface area contributed by atoms with Crippen molar-refractivity contribution in [1.82, 2.24) is 0 Å². The summed E-state index contributed by atoms with van der Waals surface area (Å²) in [5.41, 5.74) is 8.13. The van der Waals surface area contributed by atoms with Crippen molar-refractivity contribution in [3.8, 4) is 0 Å². The van der Waals surface area contributed by atoms with Gasteiger partial charge in [0.2, 0.25) is 5.91 Å². The van der Waals surface area contributed by atoms with Crippen LogP contribution in [0.2, 0.25) is 5.02 Å². The number of Topliss-reactive ketones (excluding diaryl/α,β-unsaturated/α-hetero) is 1. The number of halogens is 2. The summed E-state index contributed by atoms with van der Waals surface area (Å²) in [4.78, 5) is 38.2. The van der Waals surface area contributed by atoms with Crippen LogP contribution < -0.4 is 29.7 Å². The predicted molar refractivity (Wildman–Crippen MR) is 121 cm³/mol. The van der Waals surface area contributed by atoms with E-state index in [4.69, 9.17) is 22.1 Å². The third kappa shape index (κ3) is 6.76. The molecule has 0 radical (unpaired) electrons. The lowest BCUT2D eigenvalue weighted by atomic mass is 9.97. The Labute approximate surface area is 214 Å². The number of thiophene rings is 1. The van der Waals surface area contributed by atoms with Crippen molar-refractivity contribution in [3.63, 3.8) is 0 Å². The molecule has 1 aliphatic rings. The number of hydrogen-bond acceptors (Lipinski definition) is 5. The number of nitrogens with zero attached hydrogens (tertiary/aromatic N) is 1. The quantitative estimate of drug-likeness (QED) is 0.259. The number of carbonyl (C=O) groups excluding carboxylic acids is 3. The molecule has 174 valence electrons. The molecule has 0 saturated carbocycles. The highest BCUT2D eigenvalue weighted by molar-refractivity contribution is 7.12. The van der Waals surface area contributed by atoms with Gasteiger partial charge in [0, 0.05) is 35.6 Å². The van der Waals surface area contributed by atoms with E-state index in [1.165, 1.54) is 18.4 Å². The molecular weight excluding hydrogens is 563 g/mol. The molecule has 0 saturated heterocycles. The molecule has 0 aliphatic carbocycles. The molecule has 1 atom stereocenters. The van der Waals surface area contributed by atoms with E-state index in [1.54, 1.807) is 12.1 Å². The van der Waals surface area contributed by atoms with Gasteiger partial charge in [-0.1, -0.05) is 23.7 Å². The second-order valence-corrected chi connectivity index (χ2v) is 9.97. The van der Waals surface area contributed by atoms with Gasteiger partial charge in [-0.05, 0) is 23.3 Å². The number of nitrogens with two attached hydrogens (primary N) is 1. The van der Waals surface area contributed by atoms with Crippen LogP contribution in [-0.2, 0) is 40.1 Å². The van der Waals surface area contributed by atoms with E-state index < -0.39 is 5.91 Å². The van der Waals surface area contributed by atoms with Crippen molar-refractivity contribution < 1.29 is 47.6 Å². The van der Waals surface area contributed by atoms with Crippen LogP contribution in [0, 0.1) is 0 Å². The van der Waals surface area contributed by atoms with Gasteiger partial charge < -0.3 is 38.9 Å². The number of benzene rings is 1. The summed E-state index contributed by atoms with van der Waals surface area (Å²) >= 11 is 7.44. The average Bonchev–Trinajstić information content (AvgIpc) is 3.05. The van der Waals surface area contributed by atoms with Crippen LogP contribution in [0.25, 0.3) is 0 Å². The van der Waals surface area contributed by atoms with Crippen LogP contribution in [0.4, 0.5) is 0 Å². The van der Waals surface area contributed by atoms with Crippen molar-refractivity contribution in [2.45, 2.75) is 38.6 Å². The summed E-state index contributed by atoms with van der Waals surface area (Å²) in [6.45, 7) is 2.49. The molecule has 2 N–H and O–H groups in total. The number of methoxy groups -OCH3 is 1. The molecule has 1 amide bonds. The van der Waals surface area contributed by atoms with Gasteiger partial charge >= 0.3 is 5.97 Å². The van der Waals surface area contributed by atoms with Gasteiger partial charge in [0.05, 0.1) is 44.1 Å². The van der Waals surface area contributed by atoms with E-state index >= 15 is 0 Å². The maximum Gasteiger partial charge on any atom is 0.305 e. The molecule has 2 heterocycles. The first kappa shape index (κ1) is 26.8. The SMILES string of the molecule is COC(=O)CCC[N+]1(C)CCc2c(sc(CC(=O)Cc3ccc(Cl)cc3)c2C(N)=O)C1.[I-]. The van der Waals surface area contributed by atoms with Crippen molar-refractivity contribution in [2.24, 2.45) is 5.73 Å². The minimum Gasteiger partial charge on any atom is -1.00 e. The minimum atomic E-state index is -0.464. The average molecular weight is 591 g/mol. The summed E-state index contributed by atoms with van der Waals surface area (Å²) in [6.07, 6.45) is 2.38. The third-order valence-electron chi connectivity index (χ3n) is 5.82. The standard InChI is InChI=1S/C23H27ClN2O4S.HI/c1-26(10-3-4-21(28)30-2)11-9-18-20(14-26)31-19(22(18)23(25)29)13-17(27)12-15-5-7-16(24)8-6-15;/h5-8H,3-4,9-14H2,1-2H3,(H-,25,29);1H. The Balaban J connectivity index is 0.00000363. The number of ketones is 1. The Kier molecular flexibility index (Phi) is 9.68. The lowest BCUT2D eigenvalue weighted by molar-refractivity contribution is -0.924. The van der Waals surface area contributed by atoms with Gasteiger partial charge in [0.25, 0.3) is 0 Å². The van der Waals surface area contributed by atoms with Gasteiger partial charge in [0.15, 0.2) is 0 Å². The fourth-order valence-corrected chi connectivity index (χ4v) is 5.83. The molecular formula is C23H28ClIN2O4S. The van der Waals surface area contributed by atoms with Gasteiger partial charge in [0.1, 0.15) is 12.3 Å². The zero-order chi connectivity index (χ0) is 22.6. The largest absolute Gasteiger partial charge is 1.00 e. The van der Waals surface area contributed by atoms with Crippen LogP contribution in [0.3, 0.4) is 0 Å². The number of likely N-dealkylation sites (N-methyl/N-ethyl adjacent to an activating group) is 1. The van der Waals surface area contributed by atoms with Crippen molar-refractivity contribution in [2.75, 3.05) is 27.2 Å². The van der Waals surface area contributed by atoms with Crippen molar-refractivity contribution in [1.29, 1.82) is 0 Å². The van der Waals surface area contributed by atoms with Crippen LogP contribution >= 0.6 is 22.9 Å². The van der Waals surface area contributed by atoms with E-state index in [0.717, 1.165) is 57.8 Å². The number of carbonyl (C=O) groups is 3. The number of primary amides is 1. The Morgan fingerprint density at radius 2 is 1.88 bits per heavy atom. The maximum absolute atomic E-state index is 12.7. The van der Waals surface area contributed by atoms with Gasteiger partial charge in [-0.3, -0.25) is 14.4 Å². The number of rotatable bonds is 9. The monoisotopic (exact) mass is 590 g/mol. The molecule has 2 aromatic rings. The number of hydrogen-bond donors (Lipinski definition) is 1.